The molecule has 1 amide bonds. The van der Waals surface area contributed by atoms with Gasteiger partial charge in [-0.05, 0) is 55.6 Å². The van der Waals surface area contributed by atoms with Crippen molar-refractivity contribution in [2.45, 2.75) is 25.8 Å². The van der Waals surface area contributed by atoms with Crippen molar-refractivity contribution in [1.29, 1.82) is 0 Å². The Kier molecular flexibility index (Phi) is 7.33. The van der Waals surface area contributed by atoms with Crippen molar-refractivity contribution >= 4 is 11.6 Å². The second kappa shape index (κ2) is 10.4. The number of fused-ring (bicyclic) bond motifs is 1. The van der Waals surface area contributed by atoms with E-state index in [0.29, 0.717) is 6.54 Å². The molecule has 6 nitrogen and oxygen atoms in total. The van der Waals surface area contributed by atoms with Crippen LogP contribution in [0.1, 0.15) is 29.2 Å². The number of para-hydroxylation sites is 1. The molecule has 1 fully saturated rings. The number of nitrogens with zero attached hydrogens (tertiary/aromatic N) is 3. The highest BCUT2D eigenvalue weighted by Gasteiger charge is 2.26. The summed E-state index contributed by atoms with van der Waals surface area (Å²) < 4.78 is 5.74. The maximum absolute atomic E-state index is 12.6. The van der Waals surface area contributed by atoms with Crippen LogP contribution in [0.5, 0.6) is 5.75 Å². The zero-order chi connectivity index (χ0) is 22.5. The molecule has 1 atom stereocenters. The fraction of sp³-hybridized carbons (Fsp3) is 0.500. The molecule has 0 bridgehead atoms. The van der Waals surface area contributed by atoms with Gasteiger partial charge < -0.3 is 19.9 Å². The lowest BCUT2D eigenvalue weighted by Gasteiger charge is -2.39. The lowest BCUT2D eigenvalue weighted by atomic mass is 9.95. The Morgan fingerprint density at radius 1 is 1.06 bits per heavy atom. The summed E-state index contributed by atoms with van der Waals surface area (Å²) >= 11 is 0. The summed E-state index contributed by atoms with van der Waals surface area (Å²) in [6.45, 7) is 7.85. The number of benzene rings is 2. The Hall–Kier alpha value is -2.57. The first-order valence-corrected chi connectivity index (χ1v) is 11.7. The number of likely N-dealkylation sites (N-methyl/N-ethyl adjacent to an activating group) is 1. The van der Waals surface area contributed by atoms with Crippen LogP contribution in [0, 0.1) is 6.92 Å². The van der Waals surface area contributed by atoms with Crippen LogP contribution in [-0.2, 0) is 11.2 Å². The zero-order valence-corrected chi connectivity index (χ0v) is 19.6. The highest BCUT2D eigenvalue weighted by Crippen LogP contribution is 2.31. The first kappa shape index (κ1) is 22.6. The van der Waals surface area contributed by atoms with Crippen molar-refractivity contribution in [2.75, 3.05) is 64.9 Å². The molecule has 2 aromatic rings. The van der Waals surface area contributed by atoms with Crippen molar-refractivity contribution in [3.8, 4) is 5.75 Å². The molecule has 1 N–H and O–H groups in total. The van der Waals surface area contributed by atoms with Gasteiger partial charge in [0.25, 0.3) is 5.91 Å². The Bertz CT molecular complexity index is 924. The van der Waals surface area contributed by atoms with E-state index in [2.05, 4.69) is 52.3 Å². The molecule has 32 heavy (non-hydrogen) atoms. The first-order chi connectivity index (χ1) is 15.5. The quantitative estimate of drug-likeness (QED) is 0.723. The molecular formula is C26H36N4O2. The van der Waals surface area contributed by atoms with Gasteiger partial charge >= 0.3 is 0 Å². The first-order valence-electron chi connectivity index (χ1n) is 11.7. The largest absolute Gasteiger partial charge is 0.484 e. The molecule has 172 valence electrons. The molecule has 1 saturated heterocycles. The predicted molar refractivity (Wildman–Crippen MR) is 130 cm³/mol. The molecule has 2 aromatic carbocycles. The van der Waals surface area contributed by atoms with Crippen molar-refractivity contribution < 1.29 is 9.53 Å². The van der Waals surface area contributed by atoms with E-state index >= 15 is 0 Å². The Morgan fingerprint density at radius 2 is 1.84 bits per heavy atom. The van der Waals surface area contributed by atoms with Crippen LogP contribution in [0.25, 0.3) is 0 Å². The predicted octanol–water partition coefficient (Wildman–Crippen LogP) is 2.86. The van der Waals surface area contributed by atoms with E-state index in [0.717, 1.165) is 50.5 Å². The topological polar surface area (TPSA) is 48.1 Å². The normalized spacial score (nSPS) is 18.2. The van der Waals surface area contributed by atoms with Gasteiger partial charge in [0.2, 0.25) is 0 Å². The number of ether oxygens (including phenoxy) is 1. The molecule has 0 spiro atoms. The zero-order valence-electron chi connectivity index (χ0n) is 19.6. The van der Waals surface area contributed by atoms with Crippen molar-refractivity contribution in [3.63, 3.8) is 0 Å². The average molecular weight is 437 g/mol. The van der Waals surface area contributed by atoms with Crippen molar-refractivity contribution in [3.05, 3.63) is 59.2 Å². The smallest absolute Gasteiger partial charge is 0.258 e. The lowest BCUT2D eigenvalue weighted by Crippen LogP contribution is -2.48. The molecule has 2 aliphatic heterocycles. The van der Waals surface area contributed by atoms with Gasteiger partial charge in [-0.3, -0.25) is 9.69 Å². The van der Waals surface area contributed by atoms with Crippen LogP contribution in [0.2, 0.25) is 0 Å². The minimum Gasteiger partial charge on any atom is -0.484 e. The van der Waals surface area contributed by atoms with E-state index in [1.807, 2.05) is 31.2 Å². The van der Waals surface area contributed by atoms with Gasteiger partial charge in [0.15, 0.2) is 6.61 Å². The number of hydrogen-bond donors (Lipinski definition) is 1. The van der Waals surface area contributed by atoms with Crippen LogP contribution in [-0.4, -0.2) is 75.7 Å². The van der Waals surface area contributed by atoms with Crippen molar-refractivity contribution in [1.82, 2.24) is 15.1 Å². The van der Waals surface area contributed by atoms with Crippen molar-refractivity contribution in [2.24, 2.45) is 0 Å². The summed E-state index contributed by atoms with van der Waals surface area (Å²) in [4.78, 5) is 19.8. The number of carbonyl (C=O) groups excluding carboxylic acids is 1. The molecule has 0 aliphatic carbocycles. The van der Waals surface area contributed by atoms with E-state index in [-0.39, 0.29) is 18.6 Å². The fourth-order valence-electron chi connectivity index (χ4n) is 4.73. The maximum atomic E-state index is 12.6. The number of rotatable bonds is 7. The molecule has 0 saturated carbocycles. The Labute approximate surface area is 192 Å². The molecule has 0 unspecified atom stereocenters. The van der Waals surface area contributed by atoms with Gasteiger partial charge in [-0.2, -0.15) is 0 Å². The lowest BCUT2D eigenvalue weighted by molar-refractivity contribution is -0.123. The minimum atomic E-state index is -0.0786. The van der Waals surface area contributed by atoms with E-state index in [1.165, 1.54) is 23.2 Å². The third-order valence-electron chi connectivity index (χ3n) is 6.76. The van der Waals surface area contributed by atoms with Crippen LogP contribution in [0.3, 0.4) is 0 Å². The molecule has 0 aromatic heterocycles. The molecule has 2 aliphatic rings. The van der Waals surface area contributed by atoms with Crippen LogP contribution < -0.4 is 15.0 Å². The summed E-state index contributed by atoms with van der Waals surface area (Å²) in [7, 11) is 4.34. The Morgan fingerprint density at radius 3 is 2.62 bits per heavy atom. The standard InChI is InChI=1S/C26H36N4O2/c1-20-7-4-5-9-25(20)32-19-26(31)27-18-24(30-15-13-28(2)14-16-30)22-10-11-23-21(17-22)8-6-12-29(23)3/h4-5,7,9-11,17,24H,6,8,12-16,18-19H2,1-3H3,(H,27,31)/t24-/m0/s1. The number of aryl methyl sites for hydroxylation is 2. The molecular weight excluding hydrogens is 400 g/mol. The number of anilines is 1. The molecule has 0 radical (unpaired) electrons. The van der Waals surface area contributed by atoms with Crippen LogP contribution in [0.4, 0.5) is 5.69 Å². The number of hydrogen-bond acceptors (Lipinski definition) is 5. The minimum absolute atomic E-state index is 0.0370. The third-order valence-corrected chi connectivity index (χ3v) is 6.76. The van der Waals surface area contributed by atoms with Gasteiger partial charge in [-0.1, -0.05) is 30.3 Å². The highest BCUT2D eigenvalue weighted by atomic mass is 16.5. The number of nitrogens with one attached hydrogen (secondary N) is 1. The highest BCUT2D eigenvalue weighted by molar-refractivity contribution is 5.77. The summed E-state index contributed by atoms with van der Waals surface area (Å²) in [6.07, 6.45) is 2.32. The fourth-order valence-corrected chi connectivity index (χ4v) is 4.73. The van der Waals surface area contributed by atoms with Gasteiger partial charge in [-0.15, -0.1) is 0 Å². The number of amides is 1. The third kappa shape index (κ3) is 5.43. The average Bonchev–Trinajstić information content (AvgIpc) is 2.80. The van der Waals surface area contributed by atoms with Crippen LogP contribution in [0.15, 0.2) is 42.5 Å². The van der Waals surface area contributed by atoms with Gasteiger partial charge in [0.05, 0.1) is 6.04 Å². The van der Waals surface area contributed by atoms with E-state index in [1.54, 1.807) is 0 Å². The second-order valence-electron chi connectivity index (χ2n) is 9.13. The molecule has 2 heterocycles. The monoisotopic (exact) mass is 436 g/mol. The number of piperazine rings is 1. The summed E-state index contributed by atoms with van der Waals surface area (Å²) in [6, 6.07) is 14.8. The molecule has 4 rings (SSSR count). The molecule has 6 heteroatoms. The van der Waals surface area contributed by atoms with Gasteiger partial charge in [-0.25, -0.2) is 0 Å². The SMILES string of the molecule is Cc1ccccc1OCC(=O)NC[C@@H](c1ccc2c(c1)CCCN2C)N1CCN(C)CC1. The summed E-state index contributed by atoms with van der Waals surface area (Å²) in [5.41, 5.74) is 5.09. The maximum Gasteiger partial charge on any atom is 0.258 e. The van der Waals surface area contributed by atoms with E-state index < -0.39 is 0 Å². The Balaban J connectivity index is 1.44. The van der Waals surface area contributed by atoms with Gasteiger partial charge in [0, 0.05) is 52.0 Å². The van der Waals surface area contributed by atoms with Crippen LogP contribution >= 0.6 is 0 Å². The summed E-state index contributed by atoms with van der Waals surface area (Å²) in [5, 5.41) is 3.14. The second-order valence-corrected chi connectivity index (χ2v) is 9.13. The summed E-state index contributed by atoms with van der Waals surface area (Å²) in [5.74, 6) is 0.683. The van der Waals surface area contributed by atoms with Gasteiger partial charge in [0.1, 0.15) is 5.75 Å². The van der Waals surface area contributed by atoms with E-state index in [9.17, 15) is 4.79 Å². The number of carbonyl (C=O) groups is 1. The van der Waals surface area contributed by atoms with E-state index in [4.69, 9.17) is 4.74 Å².